The molecule has 2 amide bonds. The Labute approximate surface area is 202 Å². The van der Waals surface area contributed by atoms with Crippen LogP contribution in [0.1, 0.15) is 11.6 Å². The number of phenolic OH excluding ortho intramolecular Hbond substituents is 1. The number of fused-ring (bicyclic) bond motifs is 1. The molecule has 172 valence electrons. The topological polar surface area (TPSA) is 113 Å². The molecule has 0 spiro atoms. The van der Waals surface area contributed by atoms with Gasteiger partial charge in [0.2, 0.25) is 5.91 Å². The van der Waals surface area contributed by atoms with Gasteiger partial charge in [0.1, 0.15) is 11.7 Å². The highest BCUT2D eigenvalue weighted by Crippen LogP contribution is 2.51. The molecule has 0 radical (unpaired) electrons. The van der Waals surface area contributed by atoms with Gasteiger partial charge in [0.05, 0.1) is 27.4 Å². The van der Waals surface area contributed by atoms with Gasteiger partial charge in [-0.05, 0) is 36.4 Å². The summed E-state index contributed by atoms with van der Waals surface area (Å²) in [5, 5.41) is 23.3. The summed E-state index contributed by atoms with van der Waals surface area (Å²) in [6, 6.07) is 15.8. The maximum absolute atomic E-state index is 13.6. The Morgan fingerprint density at radius 3 is 2.26 bits per heavy atom. The van der Waals surface area contributed by atoms with Crippen LogP contribution in [-0.4, -0.2) is 27.9 Å². The first-order chi connectivity index (χ1) is 16.3. The van der Waals surface area contributed by atoms with Gasteiger partial charge in [-0.25, -0.2) is 9.96 Å². The molecule has 0 bridgehead atoms. The number of amides is 2. The molecule has 2 aliphatic heterocycles. The fourth-order valence-electron chi connectivity index (χ4n) is 4.32. The molecular weight excluding hydrogens is 485 g/mol. The summed E-state index contributed by atoms with van der Waals surface area (Å²) in [4.78, 5) is 44.2. The number of para-hydroxylation sites is 1. The number of nitro benzene ring substituents is 1. The first-order valence-electron chi connectivity index (χ1n) is 10.1. The molecular formula is C23H15Cl2N3O6. The van der Waals surface area contributed by atoms with Crippen molar-refractivity contribution in [1.29, 1.82) is 0 Å². The number of carbonyl (C=O) groups is 2. The number of nitrogens with zero attached hydrogens (tertiary/aromatic N) is 3. The average Bonchev–Trinajstić information content (AvgIpc) is 3.33. The van der Waals surface area contributed by atoms with Crippen LogP contribution in [0.15, 0.2) is 66.7 Å². The van der Waals surface area contributed by atoms with Crippen LogP contribution in [0, 0.1) is 16.0 Å². The van der Waals surface area contributed by atoms with Gasteiger partial charge in [-0.3, -0.25) is 24.5 Å². The second-order valence-electron chi connectivity index (χ2n) is 7.77. The van der Waals surface area contributed by atoms with Crippen LogP contribution in [-0.2, 0) is 14.4 Å². The van der Waals surface area contributed by atoms with Crippen LogP contribution in [0.2, 0.25) is 10.0 Å². The Morgan fingerprint density at radius 1 is 0.941 bits per heavy atom. The van der Waals surface area contributed by atoms with E-state index in [1.807, 2.05) is 0 Å². The van der Waals surface area contributed by atoms with Crippen LogP contribution in [0.4, 0.5) is 17.1 Å². The third kappa shape index (κ3) is 3.45. The van der Waals surface area contributed by atoms with Gasteiger partial charge >= 0.3 is 0 Å². The quantitative estimate of drug-likeness (QED) is 0.315. The smallest absolute Gasteiger partial charge is 0.269 e. The van der Waals surface area contributed by atoms with E-state index in [4.69, 9.17) is 28.0 Å². The number of hydrogen-bond donors (Lipinski definition) is 1. The Morgan fingerprint density at radius 2 is 1.62 bits per heavy atom. The van der Waals surface area contributed by atoms with Crippen LogP contribution in [0.25, 0.3) is 0 Å². The highest BCUT2D eigenvalue weighted by Gasteiger charge is 2.60. The summed E-state index contributed by atoms with van der Waals surface area (Å²) < 4.78 is 0. The lowest BCUT2D eigenvalue weighted by molar-refractivity contribution is -0.384. The minimum atomic E-state index is -1.19. The van der Waals surface area contributed by atoms with E-state index < -0.39 is 34.8 Å². The summed E-state index contributed by atoms with van der Waals surface area (Å²) in [5.74, 6) is -2.53. The SMILES string of the molecule is O=C1[C@H]2[C@@H](c3cc(Cl)cc(Cl)c3O)N(c3ccccc3)O[C@H]2C(=O)N1c1ccc([N+](=O)[O-])cc1. The molecule has 0 aromatic heterocycles. The monoisotopic (exact) mass is 499 g/mol. The van der Waals surface area contributed by atoms with Crippen LogP contribution in [0.3, 0.4) is 0 Å². The number of rotatable bonds is 4. The minimum Gasteiger partial charge on any atom is -0.506 e. The number of aromatic hydroxyl groups is 1. The molecule has 3 aromatic carbocycles. The molecule has 0 unspecified atom stereocenters. The van der Waals surface area contributed by atoms with Crippen LogP contribution < -0.4 is 9.96 Å². The van der Waals surface area contributed by atoms with Gasteiger partial charge in [-0.2, -0.15) is 0 Å². The molecule has 0 saturated carbocycles. The van der Waals surface area contributed by atoms with Crippen molar-refractivity contribution >= 4 is 52.1 Å². The number of halogens is 2. The first kappa shape index (κ1) is 22.1. The molecule has 0 aliphatic carbocycles. The third-order valence-corrected chi connectivity index (χ3v) is 6.33. The van der Waals surface area contributed by atoms with Crippen molar-refractivity contribution in [3.8, 4) is 5.75 Å². The van der Waals surface area contributed by atoms with Gasteiger partial charge in [0.15, 0.2) is 6.10 Å². The van der Waals surface area contributed by atoms with Gasteiger partial charge in [-0.15, -0.1) is 0 Å². The van der Waals surface area contributed by atoms with Crippen molar-refractivity contribution in [3.05, 3.63) is 92.5 Å². The number of benzene rings is 3. The van der Waals surface area contributed by atoms with Crippen molar-refractivity contribution in [2.24, 2.45) is 5.92 Å². The van der Waals surface area contributed by atoms with Crippen molar-refractivity contribution in [2.45, 2.75) is 12.1 Å². The number of phenols is 1. The molecule has 2 heterocycles. The van der Waals surface area contributed by atoms with E-state index in [0.717, 1.165) is 4.90 Å². The molecule has 2 aliphatic rings. The maximum Gasteiger partial charge on any atom is 0.269 e. The summed E-state index contributed by atoms with van der Waals surface area (Å²) in [6.45, 7) is 0. The largest absolute Gasteiger partial charge is 0.506 e. The van der Waals surface area contributed by atoms with Gasteiger partial charge in [-0.1, -0.05) is 41.4 Å². The molecule has 3 aromatic rings. The predicted octanol–water partition coefficient (Wildman–Crippen LogP) is 4.66. The zero-order chi connectivity index (χ0) is 24.1. The van der Waals surface area contributed by atoms with Crippen molar-refractivity contribution in [2.75, 3.05) is 9.96 Å². The van der Waals surface area contributed by atoms with Crippen LogP contribution in [0.5, 0.6) is 5.75 Å². The normalized spacial score (nSPS) is 21.8. The first-order valence-corrected chi connectivity index (χ1v) is 10.8. The van der Waals surface area contributed by atoms with Gasteiger partial charge < -0.3 is 5.11 Å². The Balaban J connectivity index is 1.60. The van der Waals surface area contributed by atoms with Crippen LogP contribution >= 0.6 is 23.2 Å². The highest BCUT2D eigenvalue weighted by atomic mass is 35.5. The number of non-ortho nitro benzene ring substituents is 1. The molecule has 9 nitrogen and oxygen atoms in total. The Hall–Kier alpha value is -3.66. The number of anilines is 2. The molecule has 1 N–H and O–H groups in total. The lowest BCUT2D eigenvalue weighted by atomic mass is 9.90. The number of nitro groups is 1. The van der Waals surface area contributed by atoms with E-state index in [-0.39, 0.29) is 32.7 Å². The number of hydrogen-bond acceptors (Lipinski definition) is 7. The summed E-state index contributed by atoms with van der Waals surface area (Å²) in [7, 11) is 0. The number of imide groups is 1. The second kappa shape index (κ2) is 8.28. The third-order valence-electron chi connectivity index (χ3n) is 5.82. The number of hydroxylamine groups is 1. The van der Waals surface area contributed by atoms with Crippen molar-refractivity contribution in [1.82, 2.24) is 0 Å². The lowest BCUT2D eigenvalue weighted by Gasteiger charge is -2.29. The van der Waals surface area contributed by atoms with Gasteiger partial charge in [0.25, 0.3) is 11.6 Å². The zero-order valence-electron chi connectivity index (χ0n) is 17.2. The second-order valence-corrected chi connectivity index (χ2v) is 8.61. The molecule has 11 heteroatoms. The summed E-state index contributed by atoms with van der Waals surface area (Å²) >= 11 is 12.3. The van der Waals surface area contributed by atoms with Crippen molar-refractivity contribution in [3.63, 3.8) is 0 Å². The minimum absolute atomic E-state index is 0.0111. The summed E-state index contributed by atoms with van der Waals surface area (Å²) in [6.07, 6.45) is -1.19. The Bertz CT molecular complexity index is 1320. The Kier molecular flexibility index (Phi) is 5.40. The van der Waals surface area contributed by atoms with E-state index in [2.05, 4.69) is 0 Å². The van der Waals surface area contributed by atoms with Crippen molar-refractivity contribution < 1.29 is 24.5 Å². The van der Waals surface area contributed by atoms with E-state index in [1.54, 1.807) is 30.3 Å². The molecule has 3 atom stereocenters. The van der Waals surface area contributed by atoms with E-state index in [1.165, 1.54) is 41.5 Å². The predicted molar refractivity (Wildman–Crippen MR) is 124 cm³/mol. The molecule has 2 saturated heterocycles. The van der Waals surface area contributed by atoms with E-state index in [9.17, 15) is 24.8 Å². The maximum atomic E-state index is 13.6. The fraction of sp³-hybridized carbons (Fsp3) is 0.130. The van der Waals surface area contributed by atoms with E-state index in [0.29, 0.717) is 5.69 Å². The van der Waals surface area contributed by atoms with E-state index >= 15 is 0 Å². The fourth-order valence-corrected chi connectivity index (χ4v) is 4.83. The zero-order valence-corrected chi connectivity index (χ0v) is 18.7. The molecule has 5 rings (SSSR count). The average molecular weight is 500 g/mol. The molecule has 2 fully saturated rings. The highest BCUT2D eigenvalue weighted by molar-refractivity contribution is 6.35. The lowest BCUT2D eigenvalue weighted by Crippen LogP contribution is -2.37. The summed E-state index contributed by atoms with van der Waals surface area (Å²) in [5.41, 5.74) is 0.781. The standard InChI is InChI=1S/C23H15Cl2N3O6/c24-12-10-16(20(29)17(25)11-12)19-18-21(34-27(19)14-4-2-1-3-5-14)23(31)26(22(18)30)13-6-8-15(9-7-13)28(32)33/h1-11,18-19,21,29H/t18-,19+,21+/m0/s1. The number of carbonyl (C=O) groups excluding carboxylic acids is 2. The van der Waals surface area contributed by atoms with Gasteiger partial charge in [0, 0.05) is 22.7 Å². The molecule has 34 heavy (non-hydrogen) atoms.